The van der Waals surface area contributed by atoms with Crippen LogP contribution in [0.5, 0.6) is 0 Å². The van der Waals surface area contributed by atoms with Crippen molar-refractivity contribution in [3.05, 3.63) is 35.9 Å². The van der Waals surface area contributed by atoms with Crippen LogP contribution in [0.15, 0.2) is 35.5 Å². The third-order valence-corrected chi connectivity index (χ3v) is 1.50. The fraction of sp³-hybridized carbons (Fsp3) is 0.222. The van der Waals surface area contributed by atoms with E-state index in [1.54, 1.807) is 0 Å². The van der Waals surface area contributed by atoms with E-state index in [1.165, 1.54) is 0 Å². The topological polar surface area (TPSA) is 32.6 Å². The summed E-state index contributed by atoms with van der Waals surface area (Å²) in [6.07, 6.45) is -0.0739. The van der Waals surface area contributed by atoms with Crippen LogP contribution < -0.4 is 0 Å². The molecule has 1 rings (SSSR count). The molecular formula is C9H10FNO. The highest BCUT2D eigenvalue weighted by Gasteiger charge is 2.03. The molecule has 0 radical (unpaired) electrons. The molecule has 0 fully saturated rings. The van der Waals surface area contributed by atoms with Crippen LogP contribution in [-0.2, 0) is 6.42 Å². The van der Waals surface area contributed by atoms with Crippen LogP contribution >= 0.6 is 0 Å². The molecular weight excluding hydrogens is 157 g/mol. The summed E-state index contributed by atoms with van der Waals surface area (Å²) in [5, 5.41) is 10.7. The van der Waals surface area contributed by atoms with Crippen LogP contribution in [-0.4, -0.2) is 17.6 Å². The van der Waals surface area contributed by atoms with Crippen molar-refractivity contribution in [3.63, 3.8) is 0 Å². The zero-order valence-electron chi connectivity index (χ0n) is 6.52. The zero-order chi connectivity index (χ0) is 8.81. The fourth-order valence-electron chi connectivity index (χ4n) is 0.964. The molecule has 0 heterocycles. The van der Waals surface area contributed by atoms with Crippen molar-refractivity contribution in [2.24, 2.45) is 5.16 Å². The fourth-order valence-corrected chi connectivity index (χ4v) is 0.964. The molecule has 1 aromatic rings. The Morgan fingerprint density at radius 2 is 2.08 bits per heavy atom. The minimum Gasteiger partial charge on any atom is -0.411 e. The molecule has 0 aromatic heterocycles. The molecule has 0 saturated carbocycles. The van der Waals surface area contributed by atoms with E-state index < -0.39 is 6.17 Å². The average molecular weight is 167 g/mol. The van der Waals surface area contributed by atoms with Crippen LogP contribution in [0.1, 0.15) is 5.56 Å². The van der Waals surface area contributed by atoms with E-state index in [1.807, 2.05) is 30.3 Å². The third-order valence-electron chi connectivity index (χ3n) is 1.50. The minimum absolute atomic E-state index is 0.255. The van der Waals surface area contributed by atoms with Crippen molar-refractivity contribution in [1.29, 1.82) is 0 Å². The second kappa shape index (κ2) is 4.49. The molecule has 64 valence electrons. The summed E-state index contributed by atoms with van der Waals surface area (Å²) < 4.78 is 12.8. The first kappa shape index (κ1) is 8.71. The first-order valence-electron chi connectivity index (χ1n) is 3.68. The molecule has 12 heavy (non-hydrogen) atoms. The van der Waals surface area contributed by atoms with Crippen molar-refractivity contribution in [2.45, 2.75) is 12.6 Å². The molecule has 3 heteroatoms. The number of oxime groups is 1. The molecule has 0 aliphatic carbocycles. The van der Waals surface area contributed by atoms with Crippen LogP contribution in [0.2, 0.25) is 0 Å². The molecule has 0 amide bonds. The summed E-state index contributed by atoms with van der Waals surface area (Å²) in [5.41, 5.74) is 0.893. The van der Waals surface area contributed by atoms with Gasteiger partial charge in [0.1, 0.15) is 6.17 Å². The largest absolute Gasteiger partial charge is 0.411 e. The van der Waals surface area contributed by atoms with Gasteiger partial charge < -0.3 is 5.21 Å². The molecule has 0 aliphatic heterocycles. The minimum atomic E-state index is -1.21. The highest BCUT2D eigenvalue weighted by Crippen LogP contribution is 2.03. The lowest BCUT2D eigenvalue weighted by Gasteiger charge is -2.00. The Morgan fingerprint density at radius 3 is 2.67 bits per heavy atom. The van der Waals surface area contributed by atoms with Crippen LogP contribution in [0.4, 0.5) is 4.39 Å². The number of hydrogen-bond donors (Lipinski definition) is 1. The Bertz CT molecular complexity index is 248. The van der Waals surface area contributed by atoms with Gasteiger partial charge in [0, 0.05) is 6.42 Å². The Balaban J connectivity index is 2.52. The van der Waals surface area contributed by atoms with Gasteiger partial charge in [-0.15, -0.1) is 0 Å². The smallest absolute Gasteiger partial charge is 0.142 e. The summed E-state index contributed by atoms with van der Waals surface area (Å²) in [4.78, 5) is 0. The van der Waals surface area contributed by atoms with Gasteiger partial charge in [0.15, 0.2) is 0 Å². The lowest BCUT2D eigenvalue weighted by Crippen LogP contribution is -2.05. The van der Waals surface area contributed by atoms with Gasteiger partial charge in [-0.25, -0.2) is 4.39 Å². The van der Waals surface area contributed by atoms with Gasteiger partial charge in [-0.05, 0) is 5.56 Å². The third kappa shape index (κ3) is 2.70. The van der Waals surface area contributed by atoms with Crippen molar-refractivity contribution in [3.8, 4) is 0 Å². The van der Waals surface area contributed by atoms with Crippen LogP contribution in [0.3, 0.4) is 0 Å². The molecule has 1 N–H and O–H groups in total. The Morgan fingerprint density at radius 1 is 1.42 bits per heavy atom. The average Bonchev–Trinajstić information content (AvgIpc) is 2.06. The summed E-state index contributed by atoms with van der Waals surface area (Å²) in [6.45, 7) is 0. The maximum atomic E-state index is 12.8. The Hall–Kier alpha value is -1.38. The van der Waals surface area contributed by atoms with Crippen molar-refractivity contribution in [2.75, 3.05) is 0 Å². The number of benzene rings is 1. The maximum Gasteiger partial charge on any atom is 0.142 e. The Kier molecular flexibility index (Phi) is 3.26. The summed E-state index contributed by atoms with van der Waals surface area (Å²) in [6, 6.07) is 9.22. The molecule has 1 unspecified atom stereocenters. The first-order chi connectivity index (χ1) is 5.83. The van der Waals surface area contributed by atoms with Gasteiger partial charge in [-0.2, -0.15) is 0 Å². The number of nitrogens with zero attached hydrogens (tertiary/aromatic N) is 1. The highest BCUT2D eigenvalue weighted by molar-refractivity contribution is 5.62. The zero-order valence-corrected chi connectivity index (χ0v) is 6.52. The first-order valence-corrected chi connectivity index (χ1v) is 3.68. The quantitative estimate of drug-likeness (QED) is 0.417. The number of rotatable bonds is 3. The number of alkyl halides is 1. The van der Waals surface area contributed by atoms with Crippen molar-refractivity contribution >= 4 is 6.21 Å². The lowest BCUT2D eigenvalue weighted by atomic mass is 10.1. The second-order valence-electron chi connectivity index (χ2n) is 2.47. The predicted molar refractivity (Wildman–Crippen MR) is 45.3 cm³/mol. The lowest BCUT2D eigenvalue weighted by molar-refractivity contribution is 0.312. The van der Waals surface area contributed by atoms with E-state index in [0.717, 1.165) is 11.8 Å². The number of halogens is 1. The Labute approximate surface area is 70.3 Å². The van der Waals surface area contributed by atoms with Crippen LogP contribution in [0, 0.1) is 0 Å². The van der Waals surface area contributed by atoms with E-state index in [-0.39, 0.29) is 6.42 Å². The normalized spacial score (nSPS) is 13.4. The summed E-state index contributed by atoms with van der Waals surface area (Å²) >= 11 is 0. The molecule has 0 bridgehead atoms. The van der Waals surface area contributed by atoms with Crippen molar-refractivity contribution in [1.82, 2.24) is 0 Å². The van der Waals surface area contributed by atoms with Gasteiger partial charge in [0.25, 0.3) is 0 Å². The second-order valence-corrected chi connectivity index (χ2v) is 2.47. The standard InChI is InChI=1S/C9H10FNO/c10-9(7-11-12)6-8-4-2-1-3-5-8/h1-5,7,9,12H,6H2. The monoisotopic (exact) mass is 167 g/mol. The van der Waals surface area contributed by atoms with E-state index >= 15 is 0 Å². The highest BCUT2D eigenvalue weighted by atomic mass is 19.1. The molecule has 0 spiro atoms. The van der Waals surface area contributed by atoms with Gasteiger partial charge in [0.05, 0.1) is 6.21 Å². The summed E-state index contributed by atoms with van der Waals surface area (Å²) in [7, 11) is 0. The molecule has 1 aromatic carbocycles. The molecule has 2 nitrogen and oxygen atoms in total. The van der Waals surface area contributed by atoms with Gasteiger partial charge in [-0.1, -0.05) is 35.5 Å². The van der Waals surface area contributed by atoms with E-state index in [0.29, 0.717) is 0 Å². The molecule has 0 aliphatic rings. The van der Waals surface area contributed by atoms with Gasteiger partial charge >= 0.3 is 0 Å². The van der Waals surface area contributed by atoms with E-state index in [4.69, 9.17) is 5.21 Å². The van der Waals surface area contributed by atoms with Crippen LogP contribution in [0.25, 0.3) is 0 Å². The SMILES string of the molecule is ON=CC(F)Cc1ccccc1. The van der Waals surface area contributed by atoms with E-state index in [9.17, 15) is 4.39 Å². The maximum absolute atomic E-state index is 12.8. The molecule has 1 atom stereocenters. The van der Waals surface area contributed by atoms with Gasteiger partial charge in [-0.3, -0.25) is 0 Å². The van der Waals surface area contributed by atoms with E-state index in [2.05, 4.69) is 5.16 Å². The van der Waals surface area contributed by atoms with Gasteiger partial charge in [0.2, 0.25) is 0 Å². The summed E-state index contributed by atoms with van der Waals surface area (Å²) in [5.74, 6) is 0. The van der Waals surface area contributed by atoms with Crippen molar-refractivity contribution < 1.29 is 9.60 Å². The molecule has 0 saturated heterocycles. The number of hydrogen-bond acceptors (Lipinski definition) is 2. The predicted octanol–water partition coefficient (Wildman–Crippen LogP) is 2.03.